The number of rotatable bonds is 6. The van der Waals surface area contributed by atoms with Gasteiger partial charge in [0.1, 0.15) is 0 Å². The molecule has 0 saturated heterocycles. The molecule has 1 aromatic carbocycles. The Morgan fingerprint density at radius 2 is 1.70 bits per heavy atom. The Bertz CT molecular complexity index is 606. The summed E-state index contributed by atoms with van der Waals surface area (Å²) >= 11 is 4.17. The van der Waals surface area contributed by atoms with Gasteiger partial charge in [-0.05, 0) is 25.0 Å². The molecule has 2 rings (SSSR count). The summed E-state index contributed by atoms with van der Waals surface area (Å²) in [6.07, 6.45) is 0.915. The molecule has 1 aliphatic rings. The lowest BCUT2D eigenvalue weighted by Crippen LogP contribution is -2.30. The van der Waals surface area contributed by atoms with E-state index < -0.39 is 9.05 Å². The highest BCUT2D eigenvalue weighted by atomic mass is 32.9. The maximum absolute atomic E-state index is 12.0. The van der Waals surface area contributed by atoms with Gasteiger partial charge in [-0.2, -0.15) is 4.21 Å². The van der Waals surface area contributed by atoms with Crippen molar-refractivity contribution in [1.29, 1.82) is 0 Å². The molecule has 20 heavy (non-hydrogen) atoms. The Balaban J connectivity index is 1.87. The first-order valence-corrected chi connectivity index (χ1v) is 8.34. The van der Waals surface area contributed by atoms with Crippen molar-refractivity contribution >= 4 is 32.1 Å². The molecule has 1 atom stereocenters. The van der Waals surface area contributed by atoms with Gasteiger partial charge in [0.15, 0.2) is 0 Å². The fourth-order valence-electron chi connectivity index (χ4n) is 1.98. The van der Waals surface area contributed by atoms with E-state index in [9.17, 15) is 13.8 Å². The molecule has 1 N–H and O–H groups in total. The summed E-state index contributed by atoms with van der Waals surface area (Å²) < 4.78 is 23.9. The summed E-state index contributed by atoms with van der Waals surface area (Å²) in [6.45, 7) is 0.266. The van der Waals surface area contributed by atoms with Gasteiger partial charge in [0, 0.05) is 17.7 Å². The second kappa shape index (κ2) is 5.96. The lowest BCUT2D eigenvalue weighted by atomic mass is 10.1. The average Bonchev–Trinajstić information content (AvgIpc) is 2.62. The van der Waals surface area contributed by atoms with Crippen molar-refractivity contribution in [2.75, 3.05) is 13.2 Å². The van der Waals surface area contributed by atoms with E-state index in [2.05, 4.69) is 15.4 Å². The van der Waals surface area contributed by atoms with E-state index in [1.807, 2.05) is 0 Å². The quantitative estimate of drug-likeness (QED) is 0.627. The average molecular weight is 315 g/mol. The largest absolute Gasteiger partial charge is 0.285 e. The van der Waals surface area contributed by atoms with Crippen LogP contribution >= 0.6 is 0 Å². The van der Waals surface area contributed by atoms with Crippen LogP contribution in [0.4, 0.5) is 0 Å². The van der Waals surface area contributed by atoms with Crippen LogP contribution in [-0.2, 0) is 24.4 Å². The Hall–Kier alpha value is -1.35. The van der Waals surface area contributed by atoms with Crippen LogP contribution in [0.5, 0.6) is 0 Å². The van der Waals surface area contributed by atoms with Gasteiger partial charge in [-0.1, -0.05) is 12.1 Å². The van der Waals surface area contributed by atoms with Crippen molar-refractivity contribution in [1.82, 2.24) is 4.90 Å². The first kappa shape index (κ1) is 15.0. The maximum atomic E-state index is 12.0. The van der Waals surface area contributed by atoms with E-state index in [0.29, 0.717) is 24.0 Å². The third-order valence-electron chi connectivity index (χ3n) is 2.89. The summed E-state index contributed by atoms with van der Waals surface area (Å²) in [6, 6.07) is 6.67. The molecule has 2 amide bonds. The highest BCUT2D eigenvalue weighted by Gasteiger charge is 2.34. The minimum Gasteiger partial charge on any atom is -0.285 e. The number of amides is 2. The molecule has 8 heteroatoms. The van der Waals surface area contributed by atoms with E-state index in [-0.39, 0.29) is 25.0 Å². The molecule has 108 valence electrons. The van der Waals surface area contributed by atoms with Gasteiger partial charge < -0.3 is 0 Å². The lowest BCUT2D eigenvalue weighted by Gasteiger charge is -2.13. The predicted octanol–water partition coefficient (Wildman–Crippen LogP) is 1.21. The van der Waals surface area contributed by atoms with E-state index in [1.54, 1.807) is 24.3 Å². The van der Waals surface area contributed by atoms with E-state index in [1.165, 1.54) is 4.90 Å². The number of imide groups is 1. The summed E-state index contributed by atoms with van der Waals surface area (Å²) in [5.41, 5.74) is 0.829. The van der Waals surface area contributed by atoms with Crippen LogP contribution in [0.25, 0.3) is 0 Å². The molecule has 0 radical (unpaired) electrons. The molecule has 0 aromatic heterocycles. The second-order valence-electron chi connectivity index (χ2n) is 4.26. The molecule has 0 fully saturated rings. The number of carbonyl (C=O) groups excluding carboxylic acids is 2. The van der Waals surface area contributed by atoms with Gasteiger partial charge in [-0.15, -0.1) is 0 Å². The minimum atomic E-state index is -3.60. The van der Waals surface area contributed by atoms with Gasteiger partial charge >= 0.3 is 0 Å². The molecule has 1 aromatic rings. The zero-order valence-electron chi connectivity index (χ0n) is 10.5. The number of unbranched alkanes of at least 4 members (excludes halogenated alkanes) is 1. The van der Waals surface area contributed by atoms with Crippen molar-refractivity contribution in [3.05, 3.63) is 35.4 Å². The molecule has 0 aliphatic carbocycles. The normalized spacial score (nSPS) is 17.1. The van der Waals surface area contributed by atoms with Gasteiger partial charge in [0.2, 0.25) is 0 Å². The van der Waals surface area contributed by atoms with Crippen LogP contribution < -0.4 is 0 Å². The predicted molar refractivity (Wildman–Crippen MR) is 75.1 cm³/mol. The molecule has 1 unspecified atom stereocenters. The molecule has 1 aliphatic heterocycles. The second-order valence-corrected chi connectivity index (χ2v) is 6.62. The number of hydrogen-bond donors (Lipinski definition) is 1. The Kier molecular flexibility index (Phi) is 4.48. The first-order chi connectivity index (χ1) is 9.40. The fraction of sp³-hybridized carbons (Fsp3) is 0.333. The highest BCUT2D eigenvalue weighted by molar-refractivity contribution is 8.27. The monoisotopic (exact) mass is 315 g/mol. The molecule has 0 saturated carbocycles. The van der Waals surface area contributed by atoms with Crippen LogP contribution in [0.2, 0.25) is 0 Å². The Morgan fingerprint density at radius 3 is 2.20 bits per heavy atom. The fourth-order valence-corrected chi connectivity index (χ4v) is 2.51. The van der Waals surface area contributed by atoms with E-state index in [4.69, 9.17) is 4.55 Å². The van der Waals surface area contributed by atoms with Crippen LogP contribution in [0.3, 0.4) is 0 Å². The van der Waals surface area contributed by atoms with Crippen LogP contribution in [-0.4, -0.2) is 38.6 Å². The molecule has 0 bridgehead atoms. The Labute approximate surface area is 121 Å². The molecular weight excluding hydrogens is 302 g/mol. The van der Waals surface area contributed by atoms with Crippen LogP contribution in [0.15, 0.2) is 24.3 Å². The maximum Gasteiger partial charge on any atom is 0.266 e. The van der Waals surface area contributed by atoms with Gasteiger partial charge in [-0.3, -0.25) is 23.2 Å². The minimum absolute atomic E-state index is 0.0159. The van der Waals surface area contributed by atoms with Gasteiger partial charge in [-0.25, -0.2) is 0 Å². The number of hydrogen-bond acceptors (Lipinski definition) is 5. The number of fused-ring (bicyclic) bond motifs is 1. The third kappa shape index (κ3) is 3.40. The molecule has 0 spiro atoms. The third-order valence-corrected chi connectivity index (χ3v) is 3.64. The number of nitrogens with zero attached hydrogens (tertiary/aromatic N) is 1. The number of carbonyl (C=O) groups is 2. The van der Waals surface area contributed by atoms with Crippen LogP contribution in [0.1, 0.15) is 33.6 Å². The summed E-state index contributed by atoms with van der Waals surface area (Å²) in [5.74, 6) is -0.610. The zero-order chi connectivity index (χ0) is 14.8. The van der Waals surface area contributed by atoms with Crippen molar-refractivity contribution < 1.29 is 22.5 Å². The van der Waals surface area contributed by atoms with Crippen molar-refractivity contribution in [2.24, 2.45) is 0 Å². The van der Waals surface area contributed by atoms with Crippen molar-refractivity contribution in [3.63, 3.8) is 0 Å². The topological polar surface area (TPSA) is 83.9 Å². The highest BCUT2D eigenvalue weighted by Crippen LogP contribution is 2.22. The number of benzene rings is 1. The zero-order valence-corrected chi connectivity index (χ0v) is 12.1. The summed E-state index contributed by atoms with van der Waals surface area (Å²) in [4.78, 5) is 25.2. The van der Waals surface area contributed by atoms with E-state index in [0.717, 1.165) is 0 Å². The Morgan fingerprint density at radius 1 is 1.15 bits per heavy atom. The van der Waals surface area contributed by atoms with Crippen molar-refractivity contribution in [3.8, 4) is 0 Å². The molecule has 1 heterocycles. The lowest BCUT2D eigenvalue weighted by molar-refractivity contribution is 0.0649. The smallest absolute Gasteiger partial charge is 0.266 e. The van der Waals surface area contributed by atoms with Crippen LogP contribution in [0, 0.1) is 0 Å². The van der Waals surface area contributed by atoms with Gasteiger partial charge in [0.05, 0.1) is 17.7 Å². The SMILES string of the molecule is O=C1c2ccccc2C(=O)N1CCCCOS(=O)(O)=S. The first-order valence-electron chi connectivity index (χ1n) is 5.97. The van der Waals surface area contributed by atoms with E-state index >= 15 is 0 Å². The molecular formula is C12H13NO5S2. The van der Waals surface area contributed by atoms with Gasteiger partial charge in [0.25, 0.3) is 20.9 Å². The standard InChI is InChI=1S/C12H13NO5S2/c14-11-9-5-1-2-6-10(9)12(15)13(11)7-3-4-8-18-20(16,17)19/h1-2,5-6H,3-4,7-8H2,(H,16,17,19). The summed E-state index contributed by atoms with van der Waals surface area (Å²) in [7, 11) is -3.60. The molecule has 6 nitrogen and oxygen atoms in total. The summed E-state index contributed by atoms with van der Waals surface area (Å²) in [5, 5.41) is 0. The van der Waals surface area contributed by atoms with Crippen molar-refractivity contribution in [2.45, 2.75) is 12.8 Å².